The number of aliphatic hydroxyl groups excluding tert-OH is 1. The van der Waals surface area contributed by atoms with Crippen LogP contribution in [0.1, 0.15) is 86.6 Å². The molecule has 2 aromatic rings. The predicted octanol–water partition coefficient (Wildman–Crippen LogP) is 5.82. The average molecular weight is 464 g/mol. The number of aryl methyl sites for hydroxylation is 1. The van der Waals surface area contributed by atoms with Crippen molar-refractivity contribution in [2.45, 2.75) is 99.2 Å². The summed E-state index contributed by atoms with van der Waals surface area (Å²) in [6.45, 7) is 20.3. The molecule has 2 N–H and O–H groups in total. The molecule has 186 valence electrons. The molecule has 0 spiro atoms. The monoisotopic (exact) mass is 463 g/mol. The van der Waals surface area contributed by atoms with E-state index < -0.39 is 5.60 Å². The normalized spacial score (nSPS) is 22.6. The number of benzene rings is 2. The first-order valence-electron chi connectivity index (χ1n) is 13.2. The molecular formula is C31H45NO2. The molecule has 0 radical (unpaired) electrons. The third-order valence-electron chi connectivity index (χ3n) is 9.76. The van der Waals surface area contributed by atoms with Crippen molar-refractivity contribution < 1.29 is 10.2 Å². The van der Waals surface area contributed by atoms with Gasteiger partial charge in [0.2, 0.25) is 0 Å². The third-order valence-corrected chi connectivity index (χ3v) is 9.76. The van der Waals surface area contributed by atoms with Crippen molar-refractivity contribution in [3.8, 4) is 0 Å². The van der Waals surface area contributed by atoms with Crippen LogP contribution in [0.2, 0.25) is 0 Å². The Balaban J connectivity index is 1.42. The zero-order valence-electron chi connectivity index (χ0n) is 22.7. The number of fused-ring (bicyclic) bond motifs is 1. The van der Waals surface area contributed by atoms with Crippen LogP contribution in [0.5, 0.6) is 0 Å². The highest BCUT2D eigenvalue weighted by Crippen LogP contribution is 2.41. The van der Waals surface area contributed by atoms with Crippen LogP contribution < -0.4 is 0 Å². The smallest absolute Gasteiger partial charge is 0.0835 e. The van der Waals surface area contributed by atoms with E-state index in [9.17, 15) is 10.2 Å². The molecule has 2 unspecified atom stereocenters. The first kappa shape index (κ1) is 25.4. The van der Waals surface area contributed by atoms with E-state index in [4.69, 9.17) is 0 Å². The maximum absolute atomic E-state index is 11.5. The van der Waals surface area contributed by atoms with Gasteiger partial charge in [-0.25, -0.2) is 0 Å². The third kappa shape index (κ3) is 4.47. The summed E-state index contributed by atoms with van der Waals surface area (Å²) in [5, 5.41) is 22.9. The summed E-state index contributed by atoms with van der Waals surface area (Å²) in [6, 6.07) is 2.28. The molecule has 1 saturated heterocycles. The number of aliphatic hydroxyl groups is 2. The van der Waals surface area contributed by atoms with Crippen molar-refractivity contribution >= 4 is 0 Å². The van der Waals surface area contributed by atoms with Crippen molar-refractivity contribution in [2.24, 2.45) is 5.92 Å². The van der Waals surface area contributed by atoms with Gasteiger partial charge < -0.3 is 15.1 Å². The molecule has 0 amide bonds. The molecule has 1 fully saturated rings. The highest BCUT2D eigenvalue weighted by Gasteiger charge is 2.37. The highest BCUT2D eigenvalue weighted by atomic mass is 16.3. The van der Waals surface area contributed by atoms with E-state index in [1.54, 1.807) is 0 Å². The van der Waals surface area contributed by atoms with E-state index in [0.29, 0.717) is 0 Å². The average Bonchev–Trinajstić information content (AvgIpc) is 2.81. The highest BCUT2D eigenvalue weighted by molar-refractivity contribution is 5.52. The second-order valence-corrected chi connectivity index (χ2v) is 11.6. The van der Waals surface area contributed by atoms with Gasteiger partial charge in [-0.3, -0.25) is 0 Å². The first-order valence-corrected chi connectivity index (χ1v) is 13.2. The van der Waals surface area contributed by atoms with Gasteiger partial charge in [0.15, 0.2) is 0 Å². The second-order valence-electron chi connectivity index (χ2n) is 11.6. The van der Waals surface area contributed by atoms with Gasteiger partial charge in [0.25, 0.3) is 0 Å². The maximum atomic E-state index is 11.5. The minimum Gasteiger partial charge on any atom is -0.389 e. The number of hydrogen-bond donors (Lipinski definition) is 2. The fourth-order valence-electron chi connectivity index (χ4n) is 6.55. The minimum absolute atomic E-state index is 0.267. The lowest BCUT2D eigenvalue weighted by Gasteiger charge is -2.42. The summed E-state index contributed by atoms with van der Waals surface area (Å²) in [4.78, 5) is 2.48. The largest absolute Gasteiger partial charge is 0.389 e. The van der Waals surface area contributed by atoms with Crippen molar-refractivity contribution in [1.82, 2.24) is 4.90 Å². The molecule has 3 heteroatoms. The Bertz CT molecular complexity index is 1090. The first-order chi connectivity index (χ1) is 15.9. The Morgan fingerprint density at radius 3 is 2.06 bits per heavy atom. The summed E-state index contributed by atoms with van der Waals surface area (Å²) in [7, 11) is 0. The van der Waals surface area contributed by atoms with Gasteiger partial charge in [0, 0.05) is 32.0 Å². The van der Waals surface area contributed by atoms with E-state index in [-0.39, 0.29) is 12.0 Å². The van der Waals surface area contributed by atoms with E-state index >= 15 is 0 Å². The van der Waals surface area contributed by atoms with Gasteiger partial charge in [0.05, 0.1) is 11.7 Å². The summed E-state index contributed by atoms with van der Waals surface area (Å²) in [6.07, 6.45) is 4.06. The van der Waals surface area contributed by atoms with Crippen LogP contribution >= 0.6 is 0 Å². The van der Waals surface area contributed by atoms with E-state index in [0.717, 1.165) is 51.7 Å². The summed E-state index contributed by atoms with van der Waals surface area (Å²) in [5.74, 6) is 0.267. The summed E-state index contributed by atoms with van der Waals surface area (Å²) in [5.41, 5.74) is 14.0. The number of rotatable bonds is 4. The van der Waals surface area contributed by atoms with Crippen molar-refractivity contribution in [3.63, 3.8) is 0 Å². The molecule has 0 aromatic heterocycles. The van der Waals surface area contributed by atoms with Crippen LogP contribution in [-0.2, 0) is 12.8 Å². The number of nitrogens with zero attached hydrogens (tertiary/aromatic N) is 1. The molecule has 2 aromatic carbocycles. The molecule has 1 heterocycles. The number of hydrogen-bond acceptors (Lipinski definition) is 3. The van der Waals surface area contributed by atoms with Crippen LogP contribution in [0, 0.1) is 61.3 Å². The molecule has 1 aliphatic heterocycles. The lowest BCUT2D eigenvalue weighted by atomic mass is 9.75. The zero-order valence-corrected chi connectivity index (χ0v) is 22.7. The molecular weight excluding hydrogens is 418 g/mol. The summed E-state index contributed by atoms with van der Waals surface area (Å²) < 4.78 is 0. The van der Waals surface area contributed by atoms with Gasteiger partial charge in [-0.2, -0.15) is 0 Å². The fraction of sp³-hybridized carbons (Fsp3) is 0.613. The second kappa shape index (κ2) is 9.41. The predicted molar refractivity (Wildman–Crippen MR) is 142 cm³/mol. The maximum Gasteiger partial charge on any atom is 0.0835 e. The van der Waals surface area contributed by atoms with Gasteiger partial charge in [0.1, 0.15) is 0 Å². The molecule has 4 rings (SSSR count). The van der Waals surface area contributed by atoms with Gasteiger partial charge in [-0.1, -0.05) is 6.07 Å². The lowest BCUT2D eigenvalue weighted by Crippen LogP contribution is -2.47. The summed E-state index contributed by atoms with van der Waals surface area (Å²) >= 11 is 0. The quantitative estimate of drug-likeness (QED) is 0.600. The Labute approximate surface area is 207 Å². The van der Waals surface area contributed by atoms with Crippen LogP contribution in [0.15, 0.2) is 6.07 Å². The molecule has 2 atom stereocenters. The number of piperidine rings is 1. The molecule has 3 nitrogen and oxygen atoms in total. The van der Waals surface area contributed by atoms with Crippen LogP contribution in [0.4, 0.5) is 0 Å². The van der Waals surface area contributed by atoms with E-state index in [2.05, 4.69) is 66.4 Å². The Morgan fingerprint density at radius 1 is 0.824 bits per heavy atom. The lowest BCUT2D eigenvalue weighted by molar-refractivity contribution is -0.0308. The van der Waals surface area contributed by atoms with Crippen molar-refractivity contribution in [1.29, 1.82) is 0 Å². The molecule has 0 bridgehead atoms. The SMILES string of the molecule is Cc1cc(CC2(O)CCN(CC3CCc4c(C)c(C)c(C)c(C)c4C3O)CC2)c(C)c(C)c1C. The molecule has 1 aliphatic carbocycles. The van der Waals surface area contributed by atoms with Crippen LogP contribution in [0.3, 0.4) is 0 Å². The van der Waals surface area contributed by atoms with Crippen molar-refractivity contribution in [2.75, 3.05) is 19.6 Å². The van der Waals surface area contributed by atoms with Crippen LogP contribution in [-0.4, -0.2) is 40.3 Å². The standard InChI is InChI=1S/C31H45NO2/c1-18-15-27(23(6)20(3)19(18)2)16-31(34)11-13-32(14-12-31)17-26-9-10-28-24(7)21(4)22(5)25(8)29(28)30(26)33/h15,26,30,33-34H,9-14,16-17H2,1-8H3. The van der Waals surface area contributed by atoms with E-state index in [1.165, 1.54) is 61.2 Å². The van der Waals surface area contributed by atoms with Crippen LogP contribution in [0.25, 0.3) is 0 Å². The molecule has 34 heavy (non-hydrogen) atoms. The number of likely N-dealkylation sites (tertiary alicyclic amines) is 1. The van der Waals surface area contributed by atoms with E-state index in [1.807, 2.05) is 0 Å². The Hall–Kier alpha value is -1.68. The molecule has 0 saturated carbocycles. The molecule has 2 aliphatic rings. The fourth-order valence-corrected chi connectivity index (χ4v) is 6.55. The topological polar surface area (TPSA) is 43.7 Å². The zero-order chi connectivity index (χ0) is 24.9. The van der Waals surface area contributed by atoms with Gasteiger partial charge >= 0.3 is 0 Å². The Morgan fingerprint density at radius 2 is 1.41 bits per heavy atom. The minimum atomic E-state index is -0.629. The van der Waals surface area contributed by atoms with Gasteiger partial charge in [-0.05, 0) is 142 Å². The van der Waals surface area contributed by atoms with Crippen molar-refractivity contribution in [3.05, 3.63) is 67.3 Å². The Kier molecular flexibility index (Phi) is 7.03. The van der Waals surface area contributed by atoms with Gasteiger partial charge in [-0.15, -0.1) is 0 Å².